The molecule has 0 spiro atoms. The summed E-state index contributed by atoms with van der Waals surface area (Å²) >= 11 is 0. The predicted molar refractivity (Wildman–Crippen MR) is 77.3 cm³/mol. The van der Waals surface area contributed by atoms with Gasteiger partial charge in [0.15, 0.2) is 0 Å². The van der Waals surface area contributed by atoms with E-state index >= 15 is 0 Å². The molecule has 1 aliphatic heterocycles. The van der Waals surface area contributed by atoms with Crippen LogP contribution in [0.3, 0.4) is 0 Å². The molecule has 19 heavy (non-hydrogen) atoms. The van der Waals surface area contributed by atoms with E-state index in [-0.39, 0.29) is 17.2 Å². The zero-order chi connectivity index (χ0) is 14.4. The Bertz CT molecular complexity index is 514. The molecule has 0 saturated heterocycles. The zero-order valence-electron chi connectivity index (χ0n) is 12.4. The quantitative estimate of drug-likeness (QED) is 0.857. The maximum absolute atomic E-state index is 11.8. The summed E-state index contributed by atoms with van der Waals surface area (Å²) in [6, 6.07) is 4.00. The molecule has 104 valence electrons. The lowest BCUT2D eigenvalue weighted by atomic mass is 9.82. The van der Waals surface area contributed by atoms with Crippen LogP contribution in [-0.4, -0.2) is 11.0 Å². The number of nitrogens with one attached hydrogen (secondary N) is 1. The predicted octanol–water partition coefficient (Wildman–Crippen LogP) is 3.38. The third kappa shape index (κ3) is 2.39. The molecule has 0 radical (unpaired) electrons. The topological polar surface area (TPSA) is 49.3 Å². The minimum atomic E-state index is -0.522. The van der Waals surface area contributed by atoms with Gasteiger partial charge in [-0.3, -0.25) is 4.79 Å². The number of aryl methyl sites for hydroxylation is 1. The summed E-state index contributed by atoms with van der Waals surface area (Å²) in [7, 11) is 0. The SMILES string of the molecule is CCc1cc(C(O)C(C)(C)C)cc2c1NC(=O)C2C. The number of hydrogen-bond acceptors (Lipinski definition) is 2. The molecule has 1 aromatic rings. The molecule has 0 aliphatic carbocycles. The maximum atomic E-state index is 11.8. The normalized spacial score (nSPS) is 20.1. The molecule has 3 nitrogen and oxygen atoms in total. The fourth-order valence-electron chi connectivity index (χ4n) is 2.56. The van der Waals surface area contributed by atoms with Crippen LogP contribution in [0.4, 0.5) is 5.69 Å². The summed E-state index contributed by atoms with van der Waals surface area (Å²) in [6.45, 7) is 10.0. The van der Waals surface area contributed by atoms with Gasteiger partial charge < -0.3 is 10.4 Å². The molecule has 0 bridgehead atoms. The van der Waals surface area contributed by atoms with Crippen LogP contribution in [-0.2, 0) is 11.2 Å². The summed E-state index contributed by atoms with van der Waals surface area (Å²) < 4.78 is 0. The molecule has 2 rings (SSSR count). The molecule has 1 heterocycles. The first kappa shape index (κ1) is 14.1. The highest BCUT2D eigenvalue weighted by Crippen LogP contribution is 2.40. The summed E-state index contributed by atoms with van der Waals surface area (Å²) in [6.07, 6.45) is 0.325. The number of carbonyl (C=O) groups excluding carboxylic acids is 1. The van der Waals surface area contributed by atoms with E-state index in [0.717, 1.165) is 28.8 Å². The second-order valence-electron chi connectivity index (χ2n) is 6.48. The second kappa shape index (κ2) is 4.64. The van der Waals surface area contributed by atoms with Crippen LogP contribution in [0.2, 0.25) is 0 Å². The first-order valence-corrected chi connectivity index (χ1v) is 6.91. The zero-order valence-corrected chi connectivity index (χ0v) is 12.4. The largest absolute Gasteiger partial charge is 0.388 e. The van der Waals surface area contributed by atoms with E-state index < -0.39 is 6.10 Å². The van der Waals surface area contributed by atoms with Gasteiger partial charge in [0.1, 0.15) is 0 Å². The van der Waals surface area contributed by atoms with Gasteiger partial charge in [-0.1, -0.05) is 39.8 Å². The smallest absolute Gasteiger partial charge is 0.231 e. The third-order valence-corrected chi connectivity index (χ3v) is 3.90. The number of fused-ring (bicyclic) bond motifs is 1. The monoisotopic (exact) mass is 261 g/mol. The number of hydrogen-bond donors (Lipinski definition) is 2. The van der Waals surface area contributed by atoms with Crippen molar-refractivity contribution in [3.8, 4) is 0 Å². The molecule has 0 saturated carbocycles. The van der Waals surface area contributed by atoms with Crippen molar-refractivity contribution in [3.63, 3.8) is 0 Å². The molecule has 2 unspecified atom stereocenters. The van der Waals surface area contributed by atoms with Gasteiger partial charge in [-0.25, -0.2) is 0 Å². The van der Waals surface area contributed by atoms with Crippen molar-refractivity contribution < 1.29 is 9.90 Å². The number of benzene rings is 1. The lowest BCUT2D eigenvalue weighted by Gasteiger charge is -2.27. The first-order chi connectivity index (χ1) is 8.75. The molecular weight excluding hydrogens is 238 g/mol. The van der Waals surface area contributed by atoms with Gasteiger partial charge in [0.2, 0.25) is 5.91 Å². The molecule has 0 aromatic heterocycles. The average Bonchev–Trinajstić information content (AvgIpc) is 2.62. The molecule has 0 fully saturated rings. The van der Waals surface area contributed by atoms with Crippen LogP contribution in [0, 0.1) is 5.41 Å². The van der Waals surface area contributed by atoms with Crippen LogP contribution < -0.4 is 5.32 Å². The fourth-order valence-corrected chi connectivity index (χ4v) is 2.56. The van der Waals surface area contributed by atoms with Crippen LogP contribution in [0.25, 0.3) is 0 Å². The Labute approximate surface area is 115 Å². The molecule has 1 aliphatic rings. The van der Waals surface area contributed by atoms with Gasteiger partial charge in [0, 0.05) is 5.69 Å². The molecular formula is C16H23NO2. The molecule has 1 aromatic carbocycles. The molecule has 2 atom stereocenters. The van der Waals surface area contributed by atoms with E-state index in [0.29, 0.717) is 0 Å². The van der Waals surface area contributed by atoms with E-state index in [1.54, 1.807) is 0 Å². The lowest BCUT2D eigenvalue weighted by molar-refractivity contribution is -0.116. The van der Waals surface area contributed by atoms with E-state index in [9.17, 15) is 9.90 Å². The van der Waals surface area contributed by atoms with Crippen molar-refractivity contribution in [2.45, 2.75) is 53.1 Å². The molecule has 2 N–H and O–H groups in total. The standard InChI is InChI=1S/C16H23NO2/c1-6-10-7-11(14(18)16(3,4)5)8-12-9(2)15(19)17-13(10)12/h7-9,14,18H,6H2,1-5H3,(H,17,19). The Morgan fingerprint density at radius 2 is 2.00 bits per heavy atom. The van der Waals surface area contributed by atoms with Crippen molar-refractivity contribution in [2.24, 2.45) is 5.41 Å². The summed E-state index contributed by atoms with van der Waals surface area (Å²) in [5.41, 5.74) is 3.77. The van der Waals surface area contributed by atoms with E-state index in [1.165, 1.54) is 0 Å². The van der Waals surface area contributed by atoms with Crippen LogP contribution in [0.5, 0.6) is 0 Å². The van der Waals surface area contributed by atoms with Crippen molar-refractivity contribution in [3.05, 3.63) is 28.8 Å². The van der Waals surface area contributed by atoms with Crippen molar-refractivity contribution in [1.82, 2.24) is 0 Å². The molecule has 3 heteroatoms. The maximum Gasteiger partial charge on any atom is 0.231 e. The van der Waals surface area contributed by atoms with Gasteiger partial charge in [-0.15, -0.1) is 0 Å². The number of aliphatic hydroxyl groups excluding tert-OH is 1. The van der Waals surface area contributed by atoms with Gasteiger partial charge in [0.05, 0.1) is 12.0 Å². The average molecular weight is 261 g/mol. The van der Waals surface area contributed by atoms with E-state index in [4.69, 9.17) is 0 Å². The number of anilines is 1. The van der Waals surface area contributed by atoms with Crippen molar-refractivity contribution >= 4 is 11.6 Å². The van der Waals surface area contributed by atoms with E-state index in [2.05, 4.69) is 12.2 Å². The number of carbonyl (C=O) groups is 1. The Kier molecular flexibility index (Phi) is 3.43. The molecule has 1 amide bonds. The minimum absolute atomic E-state index is 0.0482. The third-order valence-electron chi connectivity index (χ3n) is 3.90. The first-order valence-electron chi connectivity index (χ1n) is 6.91. The highest BCUT2D eigenvalue weighted by Gasteiger charge is 2.31. The van der Waals surface area contributed by atoms with Gasteiger partial charge in [0.25, 0.3) is 0 Å². The van der Waals surface area contributed by atoms with Crippen LogP contribution >= 0.6 is 0 Å². The van der Waals surface area contributed by atoms with E-state index in [1.807, 2.05) is 39.8 Å². The minimum Gasteiger partial charge on any atom is -0.388 e. The Balaban J connectivity index is 2.53. The number of rotatable bonds is 2. The highest BCUT2D eigenvalue weighted by molar-refractivity contribution is 6.03. The van der Waals surface area contributed by atoms with Gasteiger partial charge in [-0.2, -0.15) is 0 Å². The number of amides is 1. The van der Waals surface area contributed by atoms with Crippen molar-refractivity contribution in [1.29, 1.82) is 0 Å². The second-order valence-corrected chi connectivity index (χ2v) is 6.48. The van der Waals surface area contributed by atoms with Gasteiger partial charge >= 0.3 is 0 Å². The lowest BCUT2D eigenvalue weighted by Crippen LogP contribution is -2.18. The van der Waals surface area contributed by atoms with Crippen LogP contribution in [0.15, 0.2) is 12.1 Å². The number of aliphatic hydroxyl groups is 1. The highest BCUT2D eigenvalue weighted by atomic mass is 16.3. The summed E-state index contributed by atoms with van der Waals surface area (Å²) in [4.78, 5) is 11.8. The fraction of sp³-hybridized carbons (Fsp3) is 0.562. The Morgan fingerprint density at radius 1 is 1.37 bits per heavy atom. The van der Waals surface area contributed by atoms with Crippen LogP contribution in [0.1, 0.15) is 63.3 Å². The summed E-state index contributed by atoms with van der Waals surface area (Å²) in [5.74, 6) is -0.0838. The Hall–Kier alpha value is -1.35. The van der Waals surface area contributed by atoms with Gasteiger partial charge in [-0.05, 0) is 35.4 Å². The Morgan fingerprint density at radius 3 is 2.53 bits per heavy atom. The van der Waals surface area contributed by atoms with Crippen molar-refractivity contribution in [2.75, 3.05) is 5.32 Å². The summed E-state index contributed by atoms with van der Waals surface area (Å²) in [5, 5.41) is 13.4.